The van der Waals surface area contributed by atoms with Crippen molar-refractivity contribution in [2.45, 2.75) is 32.6 Å². The molecule has 4 rings (SSSR count). The van der Waals surface area contributed by atoms with Gasteiger partial charge in [-0.1, -0.05) is 0 Å². The van der Waals surface area contributed by atoms with E-state index in [1.807, 2.05) is 30.0 Å². The summed E-state index contributed by atoms with van der Waals surface area (Å²) in [7, 11) is 0. The molecule has 132 valence electrons. The van der Waals surface area contributed by atoms with Gasteiger partial charge in [-0.3, -0.25) is 14.7 Å². The standard InChI is InChI=1S/C19H24N4O2/c1-12-16-9-14(6-7-17(16)22-21-12)19(25)23-8-2-3-15(11-23)18(24)20-10-13-4-5-13/h6-7,9,13,15H,2-5,8,10-11H2,1H3,(H,20,24)(H,21,22). The highest BCUT2D eigenvalue weighted by Gasteiger charge is 2.30. The van der Waals surface area contributed by atoms with E-state index >= 15 is 0 Å². The largest absolute Gasteiger partial charge is 0.356 e. The molecule has 6 heteroatoms. The number of carbonyl (C=O) groups excluding carboxylic acids is 2. The molecule has 1 saturated carbocycles. The number of nitrogens with one attached hydrogen (secondary N) is 2. The highest BCUT2D eigenvalue weighted by atomic mass is 16.2. The van der Waals surface area contributed by atoms with Crippen LogP contribution >= 0.6 is 0 Å². The fraction of sp³-hybridized carbons (Fsp3) is 0.526. The van der Waals surface area contributed by atoms with E-state index in [9.17, 15) is 9.59 Å². The summed E-state index contributed by atoms with van der Waals surface area (Å²) in [6, 6.07) is 5.59. The Labute approximate surface area is 147 Å². The van der Waals surface area contributed by atoms with Crippen LogP contribution in [0, 0.1) is 18.8 Å². The Morgan fingerprint density at radius 2 is 2.16 bits per heavy atom. The maximum Gasteiger partial charge on any atom is 0.253 e. The third-order valence-corrected chi connectivity index (χ3v) is 5.33. The van der Waals surface area contributed by atoms with Gasteiger partial charge >= 0.3 is 0 Å². The zero-order chi connectivity index (χ0) is 17.4. The first-order valence-corrected chi connectivity index (χ1v) is 9.13. The molecule has 1 aliphatic heterocycles. The summed E-state index contributed by atoms with van der Waals surface area (Å²) in [5, 5.41) is 11.2. The van der Waals surface area contributed by atoms with Crippen molar-refractivity contribution in [3.8, 4) is 0 Å². The van der Waals surface area contributed by atoms with Crippen LogP contribution in [-0.4, -0.2) is 46.5 Å². The number of fused-ring (bicyclic) bond motifs is 1. The summed E-state index contributed by atoms with van der Waals surface area (Å²) in [5.74, 6) is 0.693. The van der Waals surface area contributed by atoms with Gasteiger partial charge in [0.05, 0.1) is 11.4 Å². The second-order valence-corrected chi connectivity index (χ2v) is 7.36. The van der Waals surface area contributed by atoms with Gasteiger partial charge in [0, 0.05) is 36.3 Å². The minimum atomic E-state index is -0.0872. The van der Waals surface area contributed by atoms with Crippen LogP contribution in [0.15, 0.2) is 18.2 Å². The van der Waals surface area contributed by atoms with Crippen LogP contribution in [0.5, 0.6) is 0 Å². The van der Waals surface area contributed by atoms with E-state index in [0.29, 0.717) is 24.6 Å². The average molecular weight is 340 g/mol. The molecule has 1 aliphatic carbocycles. The lowest BCUT2D eigenvalue weighted by molar-refractivity contribution is -0.126. The molecule has 25 heavy (non-hydrogen) atoms. The quantitative estimate of drug-likeness (QED) is 0.896. The first-order chi connectivity index (χ1) is 12.1. The van der Waals surface area contributed by atoms with Crippen molar-refractivity contribution in [1.82, 2.24) is 20.4 Å². The van der Waals surface area contributed by atoms with Crippen LogP contribution in [0.3, 0.4) is 0 Å². The average Bonchev–Trinajstić information content (AvgIpc) is 3.41. The Bertz CT molecular complexity index is 809. The third-order valence-electron chi connectivity index (χ3n) is 5.33. The van der Waals surface area contributed by atoms with E-state index < -0.39 is 0 Å². The van der Waals surface area contributed by atoms with Crippen molar-refractivity contribution in [3.63, 3.8) is 0 Å². The molecule has 0 spiro atoms. The van der Waals surface area contributed by atoms with Crippen molar-refractivity contribution in [2.75, 3.05) is 19.6 Å². The SMILES string of the molecule is Cc1[nH]nc2ccc(C(=O)N3CCCC(C(=O)NCC4CC4)C3)cc12. The van der Waals surface area contributed by atoms with Gasteiger partial charge in [-0.05, 0) is 56.7 Å². The molecule has 2 aromatic rings. The zero-order valence-electron chi connectivity index (χ0n) is 14.5. The number of nitrogens with zero attached hydrogens (tertiary/aromatic N) is 2. The summed E-state index contributed by atoms with van der Waals surface area (Å²) < 4.78 is 0. The van der Waals surface area contributed by atoms with Crippen LogP contribution in [0.4, 0.5) is 0 Å². The first-order valence-electron chi connectivity index (χ1n) is 9.13. The maximum atomic E-state index is 12.9. The molecule has 1 atom stereocenters. The lowest BCUT2D eigenvalue weighted by atomic mass is 9.96. The molecule has 1 aromatic carbocycles. The van der Waals surface area contributed by atoms with E-state index in [-0.39, 0.29) is 17.7 Å². The Hall–Kier alpha value is -2.37. The van der Waals surface area contributed by atoms with Crippen molar-refractivity contribution in [2.24, 2.45) is 11.8 Å². The first kappa shape index (κ1) is 16.1. The smallest absolute Gasteiger partial charge is 0.253 e. The lowest BCUT2D eigenvalue weighted by Crippen LogP contribution is -2.45. The Kier molecular flexibility index (Phi) is 4.19. The Morgan fingerprint density at radius 1 is 1.32 bits per heavy atom. The Balaban J connectivity index is 1.44. The summed E-state index contributed by atoms with van der Waals surface area (Å²) >= 11 is 0. The molecule has 0 bridgehead atoms. The molecular weight excluding hydrogens is 316 g/mol. The van der Waals surface area contributed by atoms with Crippen LogP contribution < -0.4 is 5.32 Å². The van der Waals surface area contributed by atoms with Crippen LogP contribution in [0.1, 0.15) is 41.7 Å². The van der Waals surface area contributed by atoms with Crippen molar-refractivity contribution in [1.29, 1.82) is 0 Å². The molecule has 2 heterocycles. The molecule has 6 nitrogen and oxygen atoms in total. The van der Waals surface area contributed by atoms with Gasteiger partial charge in [0.1, 0.15) is 0 Å². The topological polar surface area (TPSA) is 78.1 Å². The minimum absolute atomic E-state index is 0.00203. The molecule has 2 fully saturated rings. The number of aryl methyl sites for hydroxylation is 1. The number of rotatable bonds is 4. The molecule has 2 aliphatic rings. The highest BCUT2D eigenvalue weighted by Crippen LogP contribution is 2.28. The number of H-pyrrole nitrogens is 1. The number of amides is 2. The van der Waals surface area contributed by atoms with E-state index in [0.717, 1.165) is 36.0 Å². The summed E-state index contributed by atoms with van der Waals surface area (Å²) in [4.78, 5) is 27.1. The third kappa shape index (κ3) is 3.38. The second-order valence-electron chi connectivity index (χ2n) is 7.36. The van der Waals surface area contributed by atoms with Gasteiger partial charge in [0.15, 0.2) is 0 Å². The van der Waals surface area contributed by atoms with Crippen LogP contribution in [0.2, 0.25) is 0 Å². The maximum absolute atomic E-state index is 12.9. The number of carbonyl (C=O) groups is 2. The van der Waals surface area contributed by atoms with Gasteiger partial charge in [0.2, 0.25) is 5.91 Å². The number of benzene rings is 1. The molecule has 2 amide bonds. The van der Waals surface area contributed by atoms with Gasteiger partial charge in [-0.25, -0.2) is 0 Å². The zero-order valence-corrected chi connectivity index (χ0v) is 14.5. The van der Waals surface area contributed by atoms with Gasteiger partial charge in [0.25, 0.3) is 5.91 Å². The molecule has 0 radical (unpaired) electrons. The highest BCUT2D eigenvalue weighted by molar-refractivity contribution is 5.98. The molecule has 1 saturated heterocycles. The lowest BCUT2D eigenvalue weighted by Gasteiger charge is -2.32. The Morgan fingerprint density at radius 3 is 2.96 bits per heavy atom. The van der Waals surface area contributed by atoms with Crippen molar-refractivity contribution in [3.05, 3.63) is 29.5 Å². The number of aromatic nitrogens is 2. The van der Waals surface area contributed by atoms with E-state index in [2.05, 4.69) is 15.5 Å². The van der Waals surface area contributed by atoms with Crippen molar-refractivity contribution >= 4 is 22.7 Å². The van der Waals surface area contributed by atoms with Crippen LogP contribution in [-0.2, 0) is 4.79 Å². The van der Waals surface area contributed by atoms with Gasteiger partial charge in [-0.15, -0.1) is 0 Å². The molecule has 1 aromatic heterocycles. The monoisotopic (exact) mass is 340 g/mol. The number of aromatic amines is 1. The predicted molar refractivity (Wildman–Crippen MR) is 95.2 cm³/mol. The van der Waals surface area contributed by atoms with Crippen LogP contribution in [0.25, 0.3) is 10.9 Å². The normalized spacial score (nSPS) is 20.7. The molecular formula is C19H24N4O2. The van der Waals surface area contributed by atoms with Crippen molar-refractivity contribution < 1.29 is 9.59 Å². The predicted octanol–water partition coefficient (Wildman–Crippen LogP) is 2.25. The van der Waals surface area contributed by atoms with Gasteiger partial charge in [-0.2, -0.15) is 5.10 Å². The van der Waals surface area contributed by atoms with E-state index in [1.165, 1.54) is 12.8 Å². The minimum Gasteiger partial charge on any atom is -0.356 e. The summed E-state index contributed by atoms with van der Waals surface area (Å²) in [6.45, 7) is 3.97. The molecule has 1 unspecified atom stereocenters. The number of hydrogen-bond acceptors (Lipinski definition) is 3. The van der Waals surface area contributed by atoms with E-state index in [1.54, 1.807) is 0 Å². The number of piperidine rings is 1. The summed E-state index contributed by atoms with van der Waals surface area (Å²) in [5.41, 5.74) is 2.49. The molecule has 2 N–H and O–H groups in total. The van der Waals surface area contributed by atoms with Gasteiger partial charge < -0.3 is 10.2 Å². The van der Waals surface area contributed by atoms with E-state index in [4.69, 9.17) is 0 Å². The fourth-order valence-electron chi connectivity index (χ4n) is 3.54. The summed E-state index contributed by atoms with van der Waals surface area (Å²) in [6.07, 6.45) is 4.19. The number of likely N-dealkylation sites (tertiary alicyclic amines) is 1. The second kappa shape index (κ2) is 6.50. The fourth-order valence-corrected chi connectivity index (χ4v) is 3.54. The number of hydrogen-bond donors (Lipinski definition) is 2.